The Morgan fingerprint density at radius 1 is 1.33 bits per heavy atom. The highest BCUT2D eigenvalue weighted by Gasteiger charge is 2.33. The fraction of sp³-hybridized carbons (Fsp3) is 0.524. The molecule has 0 bridgehead atoms. The standard InChI is InChI=1S/C21H30N4O2/c1-15-19(16(2)24(3)23-15)14-25(18-11-12-18)21(26)22-13-7-9-17-8-5-6-10-20(17)27-4/h5-6,8,10,18H,7,9,11-14H2,1-4H3,(H,22,26). The predicted molar refractivity (Wildman–Crippen MR) is 106 cm³/mol. The molecule has 3 rings (SSSR count). The number of para-hydroxylation sites is 1. The van der Waals surface area contributed by atoms with Crippen LogP contribution in [0.5, 0.6) is 5.75 Å². The number of nitrogens with zero attached hydrogens (tertiary/aromatic N) is 3. The second-order valence-corrected chi connectivity index (χ2v) is 7.28. The molecule has 1 aliphatic rings. The van der Waals surface area contributed by atoms with Crippen molar-refractivity contribution in [1.82, 2.24) is 20.0 Å². The molecule has 1 aliphatic carbocycles. The van der Waals surface area contributed by atoms with Crippen LogP contribution in [-0.2, 0) is 20.0 Å². The summed E-state index contributed by atoms with van der Waals surface area (Å²) >= 11 is 0. The van der Waals surface area contributed by atoms with Gasteiger partial charge in [0.1, 0.15) is 5.75 Å². The number of urea groups is 1. The summed E-state index contributed by atoms with van der Waals surface area (Å²) in [5.41, 5.74) is 4.47. The number of amides is 2. The number of carbonyl (C=O) groups is 1. The number of hydrogen-bond donors (Lipinski definition) is 1. The van der Waals surface area contributed by atoms with Gasteiger partial charge in [-0.3, -0.25) is 4.68 Å². The van der Waals surface area contributed by atoms with E-state index in [9.17, 15) is 4.79 Å². The smallest absolute Gasteiger partial charge is 0.317 e. The second-order valence-electron chi connectivity index (χ2n) is 7.28. The minimum atomic E-state index is 0.0279. The van der Waals surface area contributed by atoms with Gasteiger partial charge in [0.2, 0.25) is 0 Å². The zero-order valence-corrected chi connectivity index (χ0v) is 16.8. The summed E-state index contributed by atoms with van der Waals surface area (Å²) in [6, 6.07) is 8.43. The lowest BCUT2D eigenvalue weighted by Crippen LogP contribution is -2.41. The fourth-order valence-corrected chi connectivity index (χ4v) is 3.45. The van der Waals surface area contributed by atoms with E-state index >= 15 is 0 Å². The number of methoxy groups -OCH3 is 1. The molecular formula is C21H30N4O2. The quantitative estimate of drug-likeness (QED) is 0.725. The van der Waals surface area contributed by atoms with Crippen molar-refractivity contribution in [2.75, 3.05) is 13.7 Å². The molecule has 1 aromatic carbocycles. The molecule has 1 fully saturated rings. The first-order chi connectivity index (χ1) is 13.0. The predicted octanol–water partition coefficient (Wildman–Crippen LogP) is 3.35. The normalized spacial score (nSPS) is 13.5. The van der Waals surface area contributed by atoms with Crippen molar-refractivity contribution in [3.63, 3.8) is 0 Å². The van der Waals surface area contributed by atoms with Crippen molar-refractivity contribution < 1.29 is 9.53 Å². The van der Waals surface area contributed by atoms with Gasteiger partial charge in [0.15, 0.2) is 0 Å². The first-order valence-corrected chi connectivity index (χ1v) is 9.66. The van der Waals surface area contributed by atoms with Gasteiger partial charge < -0.3 is 15.0 Å². The molecule has 1 N–H and O–H groups in total. The summed E-state index contributed by atoms with van der Waals surface area (Å²) in [5.74, 6) is 0.908. The Morgan fingerprint density at radius 2 is 2.07 bits per heavy atom. The summed E-state index contributed by atoms with van der Waals surface area (Å²) in [5, 5.41) is 7.57. The molecule has 6 nitrogen and oxygen atoms in total. The lowest BCUT2D eigenvalue weighted by molar-refractivity contribution is 0.191. The Balaban J connectivity index is 1.53. The second kappa shape index (κ2) is 8.46. The topological polar surface area (TPSA) is 59.4 Å². The van der Waals surface area contributed by atoms with Crippen LogP contribution >= 0.6 is 0 Å². The van der Waals surface area contributed by atoms with Crippen molar-refractivity contribution in [2.45, 2.75) is 52.1 Å². The molecule has 6 heteroatoms. The van der Waals surface area contributed by atoms with E-state index in [4.69, 9.17) is 4.74 Å². The van der Waals surface area contributed by atoms with E-state index in [0.29, 0.717) is 19.1 Å². The SMILES string of the molecule is COc1ccccc1CCCNC(=O)N(Cc1c(C)nn(C)c1C)C1CC1. The van der Waals surface area contributed by atoms with E-state index < -0.39 is 0 Å². The number of rotatable bonds is 8. The molecule has 0 saturated heterocycles. The van der Waals surface area contributed by atoms with Gasteiger partial charge in [0.05, 0.1) is 19.3 Å². The number of hydrogen-bond acceptors (Lipinski definition) is 3. The van der Waals surface area contributed by atoms with Crippen molar-refractivity contribution in [3.05, 3.63) is 46.8 Å². The number of ether oxygens (including phenoxy) is 1. The van der Waals surface area contributed by atoms with Crippen LogP contribution in [-0.4, -0.2) is 40.4 Å². The molecule has 2 amide bonds. The summed E-state index contributed by atoms with van der Waals surface area (Å²) in [6.45, 7) is 5.36. The molecular weight excluding hydrogens is 340 g/mol. The third kappa shape index (κ3) is 4.62. The highest BCUT2D eigenvalue weighted by atomic mass is 16.5. The van der Waals surface area contributed by atoms with Crippen molar-refractivity contribution >= 4 is 6.03 Å². The fourth-order valence-electron chi connectivity index (χ4n) is 3.45. The molecule has 0 aliphatic heterocycles. The van der Waals surface area contributed by atoms with Gasteiger partial charge >= 0.3 is 6.03 Å². The van der Waals surface area contributed by atoms with Gasteiger partial charge in [0, 0.05) is 30.9 Å². The zero-order chi connectivity index (χ0) is 19.4. The van der Waals surface area contributed by atoms with Crippen molar-refractivity contribution in [2.24, 2.45) is 7.05 Å². The first kappa shape index (κ1) is 19.3. The number of aromatic nitrogens is 2. The molecule has 1 aromatic heterocycles. The summed E-state index contributed by atoms with van der Waals surface area (Å²) in [6.07, 6.45) is 3.95. The Kier molecular flexibility index (Phi) is 6.04. The largest absolute Gasteiger partial charge is 0.496 e. The summed E-state index contributed by atoms with van der Waals surface area (Å²) < 4.78 is 7.28. The Morgan fingerprint density at radius 3 is 2.70 bits per heavy atom. The van der Waals surface area contributed by atoms with Crippen LogP contribution in [0.25, 0.3) is 0 Å². The highest BCUT2D eigenvalue weighted by molar-refractivity contribution is 5.75. The van der Waals surface area contributed by atoms with E-state index in [1.165, 1.54) is 5.56 Å². The molecule has 146 valence electrons. The van der Waals surface area contributed by atoms with E-state index in [2.05, 4.69) is 23.4 Å². The number of aryl methyl sites for hydroxylation is 3. The molecule has 1 heterocycles. The number of carbonyl (C=O) groups excluding carboxylic acids is 1. The van der Waals surface area contributed by atoms with E-state index in [1.807, 2.05) is 41.8 Å². The summed E-state index contributed by atoms with van der Waals surface area (Å²) in [4.78, 5) is 14.7. The lowest BCUT2D eigenvalue weighted by Gasteiger charge is -2.23. The molecule has 0 spiro atoms. The number of benzene rings is 1. The van der Waals surface area contributed by atoms with E-state index in [-0.39, 0.29) is 6.03 Å². The average molecular weight is 370 g/mol. The van der Waals surface area contributed by atoms with Gasteiger partial charge in [-0.1, -0.05) is 18.2 Å². The molecule has 0 radical (unpaired) electrons. The lowest BCUT2D eigenvalue weighted by atomic mass is 10.1. The number of nitrogens with one attached hydrogen (secondary N) is 1. The molecule has 27 heavy (non-hydrogen) atoms. The Hall–Kier alpha value is -2.50. The minimum Gasteiger partial charge on any atom is -0.496 e. The maximum Gasteiger partial charge on any atom is 0.317 e. The molecule has 0 unspecified atom stereocenters. The van der Waals surface area contributed by atoms with Crippen LogP contribution < -0.4 is 10.1 Å². The maximum absolute atomic E-state index is 12.8. The zero-order valence-electron chi connectivity index (χ0n) is 16.8. The Bertz CT molecular complexity index is 795. The van der Waals surface area contributed by atoms with Gasteiger partial charge in [-0.2, -0.15) is 5.10 Å². The van der Waals surface area contributed by atoms with Crippen molar-refractivity contribution in [3.8, 4) is 5.75 Å². The third-order valence-electron chi connectivity index (χ3n) is 5.33. The third-order valence-corrected chi connectivity index (χ3v) is 5.33. The van der Waals surface area contributed by atoms with Crippen LogP contribution in [0, 0.1) is 13.8 Å². The first-order valence-electron chi connectivity index (χ1n) is 9.66. The molecule has 2 aromatic rings. The molecule has 1 saturated carbocycles. The van der Waals surface area contributed by atoms with Gasteiger partial charge in [-0.25, -0.2) is 4.79 Å². The van der Waals surface area contributed by atoms with Crippen molar-refractivity contribution in [1.29, 1.82) is 0 Å². The molecule has 0 atom stereocenters. The van der Waals surface area contributed by atoms with Crippen LogP contribution in [0.4, 0.5) is 4.79 Å². The van der Waals surface area contributed by atoms with E-state index in [0.717, 1.165) is 48.4 Å². The van der Waals surface area contributed by atoms with E-state index in [1.54, 1.807) is 7.11 Å². The van der Waals surface area contributed by atoms with Crippen LogP contribution in [0.3, 0.4) is 0 Å². The minimum absolute atomic E-state index is 0.0279. The van der Waals surface area contributed by atoms with Gasteiger partial charge in [-0.15, -0.1) is 0 Å². The average Bonchev–Trinajstić information content (AvgIpc) is 3.46. The highest BCUT2D eigenvalue weighted by Crippen LogP contribution is 2.29. The maximum atomic E-state index is 12.8. The Labute approximate surface area is 161 Å². The van der Waals surface area contributed by atoms with Gasteiger partial charge in [-0.05, 0) is 51.2 Å². The monoisotopic (exact) mass is 370 g/mol. The van der Waals surface area contributed by atoms with Crippen LogP contribution in [0.1, 0.15) is 41.8 Å². The van der Waals surface area contributed by atoms with Crippen LogP contribution in [0.15, 0.2) is 24.3 Å². The van der Waals surface area contributed by atoms with Gasteiger partial charge in [0.25, 0.3) is 0 Å². The summed E-state index contributed by atoms with van der Waals surface area (Å²) in [7, 11) is 3.64. The van der Waals surface area contributed by atoms with Crippen LogP contribution in [0.2, 0.25) is 0 Å².